The molecule has 0 saturated heterocycles. The number of hydrogen-bond donors (Lipinski definition) is 2. The molecule has 2 rings (SSSR count). The van der Waals surface area contributed by atoms with Gasteiger partial charge in [0.05, 0.1) is 5.56 Å². The Kier molecular flexibility index (Phi) is 7.21. The van der Waals surface area contributed by atoms with E-state index in [9.17, 15) is 4.79 Å². The highest BCUT2D eigenvalue weighted by atomic mass is 35.5. The van der Waals surface area contributed by atoms with Gasteiger partial charge < -0.3 is 11.1 Å². The lowest BCUT2D eigenvalue weighted by molar-refractivity contribution is 0.0950. The lowest BCUT2D eigenvalue weighted by atomic mass is 10.2. The van der Waals surface area contributed by atoms with Gasteiger partial charge in [-0.25, -0.2) is 0 Å². The summed E-state index contributed by atoms with van der Waals surface area (Å²) in [7, 11) is 0. The zero-order valence-electron chi connectivity index (χ0n) is 10.3. The molecule has 1 aromatic heterocycles. The number of aromatic nitrogens is 1. The minimum Gasteiger partial charge on any atom is -0.350 e. The van der Waals surface area contributed by atoms with Crippen LogP contribution in [0.3, 0.4) is 0 Å². The molecule has 0 aliphatic heterocycles. The molecule has 4 nitrogen and oxygen atoms in total. The predicted octanol–water partition coefficient (Wildman–Crippen LogP) is 1.70. The van der Waals surface area contributed by atoms with E-state index >= 15 is 0 Å². The standard InChI is InChI=1S/C12H17N3O.2ClH/c1-8-2-3-10(6-14-8)12(16)15-7-11(13)9-4-5-9;;/h2-3,6,9,11H,4-5,7,13H2,1H3,(H,15,16);2*1H. The summed E-state index contributed by atoms with van der Waals surface area (Å²) in [5.74, 6) is 0.514. The fourth-order valence-electron chi connectivity index (χ4n) is 1.61. The number of carbonyl (C=O) groups excluding carboxylic acids is 1. The number of rotatable bonds is 4. The average Bonchev–Trinajstić information content (AvgIpc) is 3.10. The second-order valence-corrected chi connectivity index (χ2v) is 4.40. The second kappa shape index (κ2) is 7.56. The number of hydrogen-bond acceptors (Lipinski definition) is 3. The van der Waals surface area contributed by atoms with Crippen LogP contribution in [0.4, 0.5) is 0 Å². The quantitative estimate of drug-likeness (QED) is 0.887. The molecular weight excluding hydrogens is 273 g/mol. The monoisotopic (exact) mass is 291 g/mol. The summed E-state index contributed by atoms with van der Waals surface area (Å²) in [4.78, 5) is 15.8. The summed E-state index contributed by atoms with van der Waals surface area (Å²) >= 11 is 0. The molecule has 1 atom stereocenters. The molecule has 3 N–H and O–H groups in total. The van der Waals surface area contributed by atoms with Crippen LogP contribution in [0, 0.1) is 12.8 Å². The Hall–Kier alpha value is -0.840. The summed E-state index contributed by atoms with van der Waals surface area (Å²) in [5, 5.41) is 2.84. The van der Waals surface area contributed by atoms with Gasteiger partial charge in [0.2, 0.25) is 0 Å². The summed E-state index contributed by atoms with van der Waals surface area (Å²) in [5.41, 5.74) is 7.40. The molecule has 6 heteroatoms. The van der Waals surface area contributed by atoms with Gasteiger partial charge >= 0.3 is 0 Å². The first-order chi connectivity index (χ1) is 7.66. The van der Waals surface area contributed by atoms with Crippen molar-refractivity contribution < 1.29 is 4.79 Å². The summed E-state index contributed by atoms with van der Waals surface area (Å²) in [6.45, 7) is 2.45. The molecule has 1 amide bonds. The highest BCUT2D eigenvalue weighted by Gasteiger charge is 2.28. The number of nitrogens with zero attached hydrogens (tertiary/aromatic N) is 1. The van der Waals surface area contributed by atoms with Crippen LogP contribution in [-0.2, 0) is 0 Å². The summed E-state index contributed by atoms with van der Waals surface area (Å²) in [6.07, 6.45) is 3.99. The van der Waals surface area contributed by atoms with Gasteiger partial charge in [-0.1, -0.05) is 0 Å². The van der Waals surface area contributed by atoms with Crippen molar-refractivity contribution in [3.8, 4) is 0 Å². The third kappa shape index (κ3) is 4.80. The number of halogens is 2. The second-order valence-electron chi connectivity index (χ2n) is 4.40. The molecule has 18 heavy (non-hydrogen) atoms. The zero-order valence-corrected chi connectivity index (χ0v) is 11.9. The van der Waals surface area contributed by atoms with E-state index < -0.39 is 0 Å². The van der Waals surface area contributed by atoms with E-state index in [0.29, 0.717) is 18.0 Å². The lowest BCUT2D eigenvalue weighted by Crippen LogP contribution is -2.38. The first-order valence-electron chi connectivity index (χ1n) is 5.63. The van der Waals surface area contributed by atoms with Gasteiger partial charge in [0, 0.05) is 24.5 Å². The van der Waals surface area contributed by atoms with Crippen LogP contribution in [0.15, 0.2) is 18.3 Å². The fraction of sp³-hybridized carbons (Fsp3) is 0.500. The van der Waals surface area contributed by atoms with Crippen molar-refractivity contribution in [3.63, 3.8) is 0 Å². The molecule has 1 unspecified atom stereocenters. The first kappa shape index (κ1) is 17.2. The van der Waals surface area contributed by atoms with Crippen molar-refractivity contribution in [2.24, 2.45) is 11.7 Å². The van der Waals surface area contributed by atoms with E-state index in [4.69, 9.17) is 5.73 Å². The van der Waals surface area contributed by atoms with Crippen molar-refractivity contribution in [1.29, 1.82) is 0 Å². The molecule has 0 bridgehead atoms. The third-order valence-corrected chi connectivity index (χ3v) is 2.90. The maximum atomic E-state index is 11.7. The van der Waals surface area contributed by atoms with Gasteiger partial charge in [-0.15, -0.1) is 24.8 Å². The van der Waals surface area contributed by atoms with Gasteiger partial charge in [0.15, 0.2) is 0 Å². The van der Waals surface area contributed by atoms with Gasteiger partial charge in [0.1, 0.15) is 0 Å². The molecule has 1 aliphatic carbocycles. The third-order valence-electron chi connectivity index (χ3n) is 2.90. The fourth-order valence-corrected chi connectivity index (χ4v) is 1.61. The number of nitrogens with one attached hydrogen (secondary N) is 1. The Balaban J connectivity index is 0.00000144. The van der Waals surface area contributed by atoms with Crippen LogP contribution >= 0.6 is 24.8 Å². The number of pyridine rings is 1. The van der Waals surface area contributed by atoms with E-state index in [1.54, 1.807) is 12.3 Å². The normalized spacial score (nSPS) is 15.0. The molecule has 1 fully saturated rings. The van der Waals surface area contributed by atoms with Crippen LogP contribution in [-0.4, -0.2) is 23.5 Å². The van der Waals surface area contributed by atoms with Crippen LogP contribution < -0.4 is 11.1 Å². The van der Waals surface area contributed by atoms with Crippen LogP contribution in [0.1, 0.15) is 28.9 Å². The Bertz CT molecular complexity index is 379. The molecule has 1 saturated carbocycles. The molecule has 1 aliphatic rings. The number of aryl methyl sites for hydroxylation is 1. The smallest absolute Gasteiger partial charge is 0.252 e. The molecule has 0 spiro atoms. The van der Waals surface area contributed by atoms with E-state index in [2.05, 4.69) is 10.3 Å². The molecule has 102 valence electrons. The minimum absolute atomic E-state index is 0. The molecule has 1 heterocycles. The molecule has 0 radical (unpaired) electrons. The van der Waals surface area contributed by atoms with E-state index in [1.807, 2.05) is 13.0 Å². The van der Waals surface area contributed by atoms with Crippen molar-refractivity contribution in [2.45, 2.75) is 25.8 Å². The van der Waals surface area contributed by atoms with Crippen LogP contribution in [0.5, 0.6) is 0 Å². The first-order valence-corrected chi connectivity index (χ1v) is 5.63. The topological polar surface area (TPSA) is 68.0 Å². The van der Waals surface area contributed by atoms with Gasteiger partial charge in [0.25, 0.3) is 5.91 Å². The van der Waals surface area contributed by atoms with Gasteiger partial charge in [-0.3, -0.25) is 9.78 Å². The number of amides is 1. The SMILES string of the molecule is Cc1ccc(C(=O)NCC(N)C2CC2)cn1.Cl.Cl. The Labute approximate surface area is 120 Å². The molecule has 1 aromatic rings. The van der Waals surface area contributed by atoms with E-state index in [-0.39, 0.29) is 36.8 Å². The van der Waals surface area contributed by atoms with Gasteiger partial charge in [-0.2, -0.15) is 0 Å². The Morgan fingerprint density at radius 2 is 2.17 bits per heavy atom. The maximum absolute atomic E-state index is 11.7. The van der Waals surface area contributed by atoms with Crippen molar-refractivity contribution >= 4 is 30.7 Å². The summed E-state index contributed by atoms with van der Waals surface area (Å²) in [6, 6.07) is 3.71. The maximum Gasteiger partial charge on any atom is 0.252 e. The van der Waals surface area contributed by atoms with Gasteiger partial charge in [-0.05, 0) is 37.8 Å². The van der Waals surface area contributed by atoms with Crippen LogP contribution in [0.2, 0.25) is 0 Å². The lowest BCUT2D eigenvalue weighted by Gasteiger charge is -2.11. The molecular formula is C12H19Cl2N3O. The van der Waals surface area contributed by atoms with Crippen LogP contribution in [0.25, 0.3) is 0 Å². The Morgan fingerprint density at radius 3 is 2.67 bits per heavy atom. The van der Waals surface area contributed by atoms with E-state index in [1.165, 1.54) is 12.8 Å². The summed E-state index contributed by atoms with van der Waals surface area (Å²) < 4.78 is 0. The highest BCUT2D eigenvalue weighted by Crippen LogP contribution is 2.31. The zero-order chi connectivity index (χ0) is 11.5. The Morgan fingerprint density at radius 1 is 1.50 bits per heavy atom. The average molecular weight is 292 g/mol. The highest BCUT2D eigenvalue weighted by molar-refractivity contribution is 5.93. The number of carbonyl (C=O) groups is 1. The van der Waals surface area contributed by atoms with Crippen molar-refractivity contribution in [3.05, 3.63) is 29.6 Å². The van der Waals surface area contributed by atoms with Crippen molar-refractivity contribution in [2.75, 3.05) is 6.54 Å². The largest absolute Gasteiger partial charge is 0.350 e. The van der Waals surface area contributed by atoms with E-state index in [0.717, 1.165) is 5.69 Å². The number of nitrogens with two attached hydrogens (primary N) is 1. The predicted molar refractivity (Wildman–Crippen MR) is 76.5 cm³/mol. The minimum atomic E-state index is -0.0939. The van der Waals surface area contributed by atoms with Crippen molar-refractivity contribution in [1.82, 2.24) is 10.3 Å². The molecule has 0 aromatic carbocycles.